The standard InChI is InChI=1S/C27H36N4O6S/c1-27(2,12-13-28)25(38(34,35)22-10-6-9-20(29)16-22)30-17-24(32)23(15-19-7-4-3-5-8-19)31-26(33)37-21-11-14-36-18-21/h3-11,14,16,18,23-25,30,32H,12-13,15,17,28-29H2,1-2H3,(H,31,33)/t23-,24+,25?/m0/s1. The van der Waals surface area contributed by atoms with Gasteiger partial charge in [-0.2, -0.15) is 0 Å². The molecule has 1 amide bonds. The highest BCUT2D eigenvalue weighted by Gasteiger charge is 2.40. The number of nitrogen functional groups attached to an aromatic ring is 1. The second-order valence-electron chi connectivity index (χ2n) is 9.79. The summed E-state index contributed by atoms with van der Waals surface area (Å²) in [6, 6.07) is 16.1. The third kappa shape index (κ3) is 7.81. The van der Waals surface area contributed by atoms with E-state index in [1.807, 2.05) is 30.3 Å². The Kier molecular flexibility index (Phi) is 9.92. The van der Waals surface area contributed by atoms with Crippen molar-refractivity contribution < 1.29 is 27.5 Å². The van der Waals surface area contributed by atoms with Crippen molar-refractivity contribution in [1.82, 2.24) is 10.6 Å². The Hall–Kier alpha value is -3.38. The van der Waals surface area contributed by atoms with Gasteiger partial charge in [0, 0.05) is 18.3 Å². The highest BCUT2D eigenvalue weighted by Crippen LogP contribution is 2.32. The average Bonchev–Trinajstić information content (AvgIpc) is 3.37. The van der Waals surface area contributed by atoms with Crippen molar-refractivity contribution in [3.05, 3.63) is 78.8 Å². The van der Waals surface area contributed by atoms with E-state index < -0.39 is 38.9 Å². The SMILES string of the molecule is CC(C)(CCN)C(NC[C@@H](O)[C@H](Cc1ccccc1)NC(=O)Oc1ccoc1)S(=O)(=O)c1cccc(N)c1. The Balaban J connectivity index is 1.82. The first-order chi connectivity index (χ1) is 18.0. The third-order valence-electron chi connectivity index (χ3n) is 6.28. The number of amides is 1. The van der Waals surface area contributed by atoms with Crippen LogP contribution in [-0.4, -0.2) is 50.2 Å². The van der Waals surface area contributed by atoms with Gasteiger partial charge in [-0.25, -0.2) is 13.2 Å². The summed E-state index contributed by atoms with van der Waals surface area (Å²) in [6.45, 7) is 3.74. The smallest absolute Gasteiger partial charge is 0.413 e. The Morgan fingerprint density at radius 2 is 1.87 bits per heavy atom. The number of aliphatic hydroxyl groups is 1. The molecule has 3 rings (SSSR count). The second-order valence-corrected chi connectivity index (χ2v) is 11.8. The number of rotatable bonds is 13. The molecule has 0 fully saturated rings. The van der Waals surface area contributed by atoms with Crippen LogP contribution < -0.4 is 26.8 Å². The number of nitrogens with one attached hydrogen (secondary N) is 2. The van der Waals surface area contributed by atoms with Gasteiger partial charge in [0.1, 0.15) is 11.6 Å². The molecule has 1 heterocycles. The van der Waals surface area contributed by atoms with E-state index in [1.165, 1.54) is 30.7 Å². The molecule has 11 heteroatoms. The maximum atomic E-state index is 13.7. The van der Waals surface area contributed by atoms with Gasteiger partial charge in [-0.15, -0.1) is 0 Å². The maximum Gasteiger partial charge on any atom is 0.413 e. The van der Waals surface area contributed by atoms with Crippen LogP contribution in [0.2, 0.25) is 0 Å². The summed E-state index contributed by atoms with van der Waals surface area (Å²) in [5.74, 6) is 0.213. The van der Waals surface area contributed by atoms with Gasteiger partial charge in [-0.1, -0.05) is 50.2 Å². The normalized spacial score (nSPS) is 14.4. The van der Waals surface area contributed by atoms with Gasteiger partial charge in [0.25, 0.3) is 0 Å². The van der Waals surface area contributed by atoms with Crippen LogP contribution in [0.4, 0.5) is 10.5 Å². The van der Waals surface area contributed by atoms with Gasteiger partial charge >= 0.3 is 6.09 Å². The molecule has 10 nitrogen and oxygen atoms in total. The predicted octanol–water partition coefficient (Wildman–Crippen LogP) is 2.69. The Labute approximate surface area is 223 Å². The Morgan fingerprint density at radius 1 is 1.13 bits per heavy atom. The molecule has 3 aromatic rings. The van der Waals surface area contributed by atoms with E-state index in [1.54, 1.807) is 26.0 Å². The van der Waals surface area contributed by atoms with Crippen LogP contribution in [0.5, 0.6) is 5.75 Å². The first-order valence-corrected chi connectivity index (χ1v) is 13.8. The largest absolute Gasteiger partial charge is 0.469 e. The molecule has 1 unspecified atom stereocenters. The van der Waals surface area contributed by atoms with Crippen molar-refractivity contribution in [2.75, 3.05) is 18.8 Å². The third-order valence-corrected chi connectivity index (χ3v) is 8.62. The lowest BCUT2D eigenvalue weighted by atomic mass is 9.88. The number of aliphatic hydroxyl groups excluding tert-OH is 1. The zero-order valence-corrected chi connectivity index (χ0v) is 22.4. The molecule has 0 aliphatic rings. The fourth-order valence-electron chi connectivity index (χ4n) is 4.26. The lowest BCUT2D eigenvalue weighted by Crippen LogP contribution is -2.55. The molecule has 0 aliphatic carbocycles. The van der Waals surface area contributed by atoms with Crippen LogP contribution in [0.25, 0.3) is 0 Å². The van der Waals surface area contributed by atoms with Crippen LogP contribution in [0.1, 0.15) is 25.8 Å². The van der Waals surface area contributed by atoms with E-state index >= 15 is 0 Å². The first-order valence-electron chi connectivity index (χ1n) is 12.3. The molecule has 0 radical (unpaired) electrons. The van der Waals surface area contributed by atoms with E-state index in [2.05, 4.69) is 10.6 Å². The van der Waals surface area contributed by atoms with Crippen molar-refractivity contribution >= 4 is 21.6 Å². The van der Waals surface area contributed by atoms with E-state index in [-0.39, 0.29) is 30.2 Å². The quantitative estimate of drug-likeness (QED) is 0.203. The molecule has 38 heavy (non-hydrogen) atoms. The summed E-state index contributed by atoms with van der Waals surface area (Å²) in [5, 5.41) is 15.8. The molecular weight excluding hydrogens is 508 g/mol. The molecule has 1 aromatic heterocycles. The van der Waals surface area contributed by atoms with Gasteiger partial charge in [-0.3, -0.25) is 5.32 Å². The van der Waals surface area contributed by atoms with Gasteiger partial charge in [-0.05, 0) is 48.6 Å². The molecule has 0 saturated carbocycles. The number of carbonyl (C=O) groups is 1. The summed E-state index contributed by atoms with van der Waals surface area (Å²) >= 11 is 0. The van der Waals surface area contributed by atoms with Gasteiger partial charge in [0.05, 0.1) is 23.3 Å². The summed E-state index contributed by atoms with van der Waals surface area (Å²) in [4.78, 5) is 12.6. The molecule has 206 valence electrons. The maximum absolute atomic E-state index is 13.7. The van der Waals surface area contributed by atoms with Crippen molar-refractivity contribution in [2.45, 2.75) is 49.1 Å². The zero-order chi connectivity index (χ0) is 27.8. The minimum atomic E-state index is -3.92. The number of furan rings is 1. The predicted molar refractivity (Wildman–Crippen MR) is 145 cm³/mol. The number of hydrogen-bond donors (Lipinski definition) is 5. The van der Waals surface area contributed by atoms with Crippen LogP contribution in [-0.2, 0) is 16.3 Å². The van der Waals surface area contributed by atoms with E-state index in [0.717, 1.165) is 5.56 Å². The molecule has 0 spiro atoms. The number of benzene rings is 2. The molecular formula is C27H36N4O6S. The van der Waals surface area contributed by atoms with Gasteiger partial charge in [0.15, 0.2) is 15.6 Å². The first kappa shape index (κ1) is 29.2. The minimum Gasteiger partial charge on any atom is -0.469 e. The highest BCUT2D eigenvalue weighted by molar-refractivity contribution is 7.92. The second kappa shape index (κ2) is 12.9. The molecule has 3 atom stereocenters. The monoisotopic (exact) mass is 544 g/mol. The fourth-order valence-corrected chi connectivity index (χ4v) is 6.37. The van der Waals surface area contributed by atoms with Crippen LogP contribution >= 0.6 is 0 Å². The number of nitrogens with two attached hydrogens (primary N) is 2. The van der Waals surface area contributed by atoms with E-state index in [9.17, 15) is 18.3 Å². The van der Waals surface area contributed by atoms with E-state index in [4.69, 9.17) is 20.6 Å². The number of carbonyl (C=O) groups excluding carboxylic acids is 1. The number of sulfone groups is 1. The Bertz CT molecular complexity index is 1270. The molecule has 0 aliphatic heterocycles. The zero-order valence-electron chi connectivity index (χ0n) is 21.5. The van der Waals surface area contributed by atoms with Crippen molar-refractivity contribution in [1.29, 1.82) is 0 Å². The summed E-state index contributed by atoms with van der Waals surface area (Å²) in [5.41, 5.74) is 12.0. The van der Waals surface area contributed by atoms with Gasteiger partial charge < -0.3 is 31.0 Å². The molecule has 0 bridgehead atoms. The number of ether oxygens (including phenoxy) is 1. The van der Waals surface area contributed by atoms with E-state index in [0.29, 0.717) is 12.1 Å². The average molecular weight is 545 g/mol. The lowest BCUT2D eigenvalue weighted by Gasteiger charge is -2.36. The topological polar surface area (TPSA) is 170 Å². The lowest BCUT2D eigenvalue weighted by molar-refractivity contribution is 0.113. The van der Waals surface area contributed by atoms with Crippen LogP contribution in [0.3, 0.4) is 0 Å². The van der Waals surface area contributed by atoms with Gasteiger partial charge in [0.2, 0.25) is 0 Å². The van der Waals surface area contributed by atoms with Crippen LogP contribution in [0.15, 0.2) is 82.5 Å². The minimum absolute atomic E-state index is 0.0669. The number of anilines is 1. The molecule has 0 saturated heterocycles. The highest BCUT2D eigenvalue weighted by atomic mass is 32.2. The van der Waals surface area contributed by atoms with Crippen LogP contribution in [0, 0.1) is 5.41 Å². The Morgan fingerprint density at radius 3 is 2.50 bits per heavy atom. The summed E-state index contributed by atoms with van der Waals surface area (Å²) < 4.78 is 37.5. The number of hydrogen-bond acceptors (Lipinski definition) is 9. The van der Waals surface area contributed by atoms with Crippen molar-refractivity contribution in [3.8, 4) is 5.75 Å². The van der Waals surface area contributed by atoms with Crippen molar-refractivity contribution in [3.63, 3.8) is 0 Å². The molecule has 2 aromatic carbocycles. The summed E-state index contributed by atoms with van der Waals surface area (Å²) in [6.07, 6.45) is 1.38. The summed E-state index contributed by atoms with van der Waals surface area (Å²) in [7, 11) is -3.92. The molecule has 7 N–H and O–H groups in total. The van der Waals surface area contributed by atoms with Crippen molar-refractivity contribution in [2.24, 2.45) is 11.1 Å². The fraction of sp³-hybridized carbons (Fsp3) is 0.370.